The van der Waals surface area contributed by atoms with Gasteiger partial charge in [0.15, 0.2) is 5.82 Å². The Labute approximate surface area is 116 Å². The molecular weight excluding hydrogens is 254 g/mol. The Kier molecular flexibility index (Phi) is 2.74. The average molecular weight is 271 g/mol. The van der Waals surface area contributed by atoms with Crippen molar-refractivity contribution in [1.82, 2.24) is 19.7 Å². The molecule has 0 unspecified atom stereocenters. The van der Waals surface area contributed by atoms with Gasteiger partial charge in [-0.1, -0.05) is 25.9 Å². The molecule has 1 aromatic carbocycles. The van der Waals surface area contributed by atoms with Crippen LogP contribution in [-0.4, -0.2) is 19.7 Å². The van der Waals surface area contributed by atoms with Gasteiger partial charge in [-0.25, -0.2) is 4.98 Å². The number of nitrogens with two attached hydrogens (primary N) is 1. The summed E-state index contributed by atoms with van der Waals surface area (Å²) in [4.78, 5) is 8.81. The van der Waals surface area contributed by atoms with Crippen LogP contribution in [-0.2, 0) is 12.0 Å². The first-order valence-electron chi connectivity index (χ1n) is 6.46. The number of aromatic nitrogens is 4. The quantitative estimate of drug-likeness (QED) is 0.723. The summed E-state index contributed by atoms with van der Waals surface area (Å²) < 4.78 is 6.92. The molecule has 2 heterocycles. The van der Waals surface area contributed by atoms with E-state index >= 15 is 0 Å². The first-order chi connectivity index (χ1) is 9.45. The van der Waals surface area contributed by atoms with Crippen LogP contribution >= 0.6 is 0 Å². The normalized spacial score (nSPS) is 12.2. The minimum absolute atomic E-state index is 0.0858. The molecule has 0 radical (unpaired) electrons. The SMILES string of the molecule is CC(C)(C)c1nc2cc(N)ccc2n1Cc1ncon1. The molecule has 20 heavy (non-hydrogen) atoms. The van der Waals surface area contributed by atoms with E-state index in [2.05, 4.69) is 35.5 Å². The van der Waals surface area contributed by atoms with E-state index < -0.39 is 0 Å². The van der Waals surface area contributed by atoms with Crippen molar-refractivity contribution in [3.8, 4) is 0 Å². The molecule has 0 aliphatic carbocycles. The van der Waals surface area contributed by atoms with Crippen molar-refractivity contribution in [2.24, 2.45) is 0 Å². The number of nitrogen functional groups attached to an aromatic ring is 1. The Morgan fingerprint density at radius 2 is 2.10 bits per heavy atom. The summed E-state index contributed by atoms with van der Waals surface area (Å²) in [6.45, 7) is 6.92. The zero-order valence-electron chi connectivity index (χ0n) is 11.8. The van der Waals surface area contributed by atoms with Gasteiger partial charge < -0.3 is 14.8 Å². The number of fused-ring (bicyclic) bond motifs is 1. The molecule has 0 amide bonds. The summed E-state index contributed by atoms with van der Waals surface area (Å²) >= 11 is 0. The third kappa shape index (κ3) is 2.13. The van der Waals surface area contributed by atoms with Crippen LogP contribution in [0.3, 0.4) is 0 Å². The fourth-order valence-electron chi connectivity index (χ4n) is 2.28. The summed E-state index contributed by atoms with van der Waals surface area (Å²) in [5.74, 6) is 1.61. The van der Waals surface area contributed by atoms with Crippen molar-refractivity contribution in [2.75, 3.05) is 5.73 Å². The van der Waals surface area contributed by atoms with Crippen molar-refractivity contribution in [3.05, 3.63) is 36.2 Å². The molecular formula is C14H17N5O. The molecule has 0 bridgehead atoms. The van der Waals surface area contributed by atoms with Crippen molar-refractivity contribution in [3.63, 3.8) is 0 Å². The maximum Gasteiger partial charge on any atom is 0.213 e. The average Bonchev–Trinajstić information content (AvgIpc) is 2.97. The molecule has 0 spiro atoms. The summed E-state index contributed by atoms with van der Waals surface area (Å²) in [5.41, 5.74) is 8.37. The molecule has 2 N–H and O–H groups in total. The van der Waals surface area contributed by atoms with Crippen molar-refractivity contribution < 1.29 is 4.52 Å². The van der Waals surface area contributed by atoms with Crippen LogP contribution < -0.4 is 5.73 Å². The lowest BCUT2D eigenvalue weighted by atomic mass is 9.95. The second-order valence-electron chi connectivity index (χ2n) is 5.87. The molecule has 0 saturated carbocycles. The lowest BCUT2D eigenvalue weighted by molar-refractivity contribution is 0.406. The Balaban J connectivity index is 2.20. The van der Waals surface area contributed by atoms with Crippen molar-refractivity contribution in [2.45, 2.75) is 32.7 Å². The second-order valence-corrected chi connectivity index (χ2v) is 5.87. The van der Waals surface area contributed by atoms with Crippen molar-refractivity contribution in [1.29, 1.82) is 0 Å². The third-order valence-electron chi connectivity index (χ3n) is 3.15. The van der Waals surface area contributed by atoms with Gasteiger partial charge in [0, 0.05) is 11.1 Å². The number of rotatable bonds is 2. The molecule has 2 aromatic heterocycles. The summed E-state index contributed by atoms with van der Waals surface area (Å²) in [5, 5.41) is 3.88. The van der Waals surface area contributed by atoms with Crippen LogP contribution in [0.2, 0.25) is 0 Å². The van der Waals surface area contributed by atoms with Crippen molar-refractivity contribution >= 4 is 16.7 Å². The monoisotopic (exact) mass is 271 g/mol. The topological polar surface area (TPSA) is 82.8 Å². The van der Waals surface area contributed by atoms with E-state index in [-0.39, 0.29) is 5.41 Å². The van der Waals surface area contributed by atoms with Crippen LogP contribution in [0.5, 0.6) is 0 Å². The number of imidazole rings is 1. The second kappa shape index (κ2) is 4.33. The highest BCUT2D eigenvalue weighted by Crippen LogP contribution is 2.27. The third-order valence-corrected chi connectivity index (χ3v) is 3.15. The van der Waals surface area contributed by atoms with E-state index in [1.54, 1.807) is 0 Å². The molecule has 0 aliphatic heterocycles. The maximum atomic E-state index is 5.84. The summed E-state index contributed by atoms with van der Waals surface area (Å²) in [6, 6.07) is 5.74. The number of benzene rings is 1. The van der Waals surface area contributed by atoms with E-state index in [4.69, 9.17) is 15.2 Å². The lowest BCUT2D eigenvalue weighted by Gasteiger charge is -2.19. The minimum atomic E-state index is -0.0858. The molecule has 0 saturated heterocycles. The van der Waals surface area contributed by atoms with Gasteiger partial charge >= 0.3 is 0 Å². The van der Waals surface area contributed by atoms with Crippen LogP contribution in [0.4, 0.5) is 5.69 Å². The highest BCUT2D eigenvalue weighted by atomic mass is 16.5. The predicted molar refractivity (Wildman–Crippen MR) is 76.2 cm³/mol. The highest BCUT2D eigenvalue weighted by molar-refractivity contribution is 5.80. The Hall–Kier alpha value is -2.37. The van der Waals surface area contributed by atoms with Crippen LogP contribution in [0, 0.1) is 0 Å². The number of anilines is 1. The van der Waals surface area contributed by atoms with Gasteiger partial charge in [0.05, 0.1) is 17.6 Å². The number of hydrogen-bond donors (Lipinski definition) is 1. The standard InChI is InChI=1S/C14H17N5O/c1-14(2,3)13-17-10-6-9(15)4-5-11(10)19(13)7-12-16-8-20-18-12/h4-6,8H,7,15H2,1-3H3. The molecule has 0 fully saturated rings. The van der Waals surface area contributed by atoms with Gasteiger partial charge in [-0.3, -0.25) is 0 Å². The molecule has 3 aromatic rings. The Bertz CT molecular complexity index is 737. The van der Waals surface area contributed by atoms with Gasteiger partial charge in [0.2, 0.25) is 6.39 Å². The molecule has 6 heteroatoms. The maximum absolute atomic E-state index is 5.84. The largest absolute Gasteiger partial charge is 0.399 e. The molecule has 0 atom stereocenters. The van der Waals surface area contributed by atoms with Crippen LogP contribution in [0.15, 0.2) is 29.1 Å². The molecule has 104 valence electrons. The fraction of sp³-hybridized carbons (Fsp3) is 0.357. The van der Waals surface area contributed by atoms with Crippen LogP contribution in [0.1, 0.15) is 32.4 Å². The van der Waals surface area contributed by atoms with Gasteiger partial charge in [-0.05, 0) is 18.2 Å². The minimum Gasteiger partial charge on any atom is -0.399 e. The molecule has 0 aliphatic rings. The van der Waals surface area contributed by atoms with Gasteiger partial charge in [0.1, 0.15) is 5.82 Å². The smallest absolute Gasteiger partial charge is 0.213 e. The number of hydrogen-bond acceptors (Lipinski definition) is 5. The summed E-state index contributed by atoms with van der Waals surface area (Å²) in [7, 11) is 0. The van der Waals surface area contributed by atoms with Gasteiger partial charge in [0.25, 0.3) is 0 Å². The molecule has 3 rings (SSSR count). The van der Waals surface area contributed by atoms with E-state index in [1.165, 1.54) is 6.39 Å². The zero-order chi connectivity index (χ0) is 14.3. The Morgan fingerprint density at radius 3 is 2.75 bits per heavy atom. The number of nitrogens with zero attached hydrogens (tertiary/aromatic N) is 4. The van der Waals surface area contributed by atoms with Gasteiger partial charge in [-0.2, -0.15) is 4.98 Å². The van der Waals surface area contributed by atoms with E-state index in [1.807, 2.05) is 18.2 Å². The highest BCUT2D eigenvalue weighted by Gasteiger charge is 2.23. The van der Waals surface area contributed by atoms with E-state index in [9.17, 15) is 0 Å². The fourth-order valence-corrected chi connectivity index (χ4v) is 2.28. The van der Waals surface area contributed by atoms with Gasteiger partial charge in [-0.15, -0.1) is 0 Å². The predicted octanol–water partition coefficient (Wildman–Crippen LogP) is 2.35. The van der Waals surface area contributed by atoms with Crippen LogP contribution in [0.25, 0.3) is 11.0 Å². The molecule has 6 nitrogen and oxygen atoms in total. The summed E-state index contributed by atoms with van der Waals surface area (Å²) in [6.07, 6.45) is 1.34. The van der Waals surface area contributed by atoms with E-state index in [0.29, 0.717) is 18.1 Å². The first-order valence-corrected chi connectivity index (χ1v) is 6.46. The first kappa shape index (κ1) is 12.7. The zero-order valence-corrected chi connectivity index (χ0v) is 11.8. The van der Waals surface area contributed by atoms with E-state index in [0.717, 1.165) is 16.9 Å². The Morgan fingerprint density at radius 1 is 1.30 bits per heavy atom. The lowest BCUT2D eigenvalue weighted by Crippen LogP contribution is -2.19.